The number of carbonyl (C=O) groups is 3. The van der Waals surface area contributed by atoms with Crippen molar-refractivity contribution >= 4 is 34.6 Å². The quantitative estimate of drug-likeness (QED) is 0.559. The Morgan fingerprint density at radius 1 is 1.42 bits per heavy atom. The van der Waals surface area contributed by atoms with Gasteiger partial charge in [-0.3, -0.25) is 9.59 Å². The van der Waals surface area contributed by atoms with Gasteiger partial charge < -0.3 is 20.9 Å². The topological polar surface area (TPSA) is 119 Å². The number of thioether (sulfide) groups is 1. The van der Waals surface area contributed by atoms with Crippen molar-refractivity contribution in [3.63, 3.8) is 0 Å². The summed E-state index contributed by atoms with van der Waals surface area (Å²) >= 11 is 0.633. The Morgan fingerprint density at radius 3 is 2.68 bits per heavy atom. The van der Waals surface area contributed by atoms with Gasteiger partial charge in [-0.25, -0.2) is 4.79 Å². The second kappa shape index (κ2) is 6.64. The van der Waals surface area contributed by atoms with Gasteiger partial charge in [0, 0.05) is 0 Å². The van der Waals surface area contributed by atoms with Crippen molar-refractivity contribution in [1.82, 2.24) is 0 Å². The maximum Gasteiger partial charge on any atom is 0.337 e. The van der Waals surface area contributed by atoms with E-state index < -0.39 is 17.1 Å². The Bertz CT molecular complexity index is 518. The van der Waals surface area contributed by atoms with E-state index in [1.54, 1.807) is 0 Å². The summed E-state index contributed by atoms with van der Waals surface area (Å²) in [6.07, 6.45) is 0. The van der Waals surface area contributed by atoms with Crippen LogP contribution in [0.4, 0.5) is 10.5 Å². The molecule has 4 N–H and O–H groups in total. The summed E-state index contributed by atoms with van der Waals surface area (Å²) in [6, 6.07) is 3.88. The molecule has 102 valence electrons. The van der Waals surface area contributed by atoms with Crippen molar-refractivity contribution in [2.24, 2.45) is 5.73 Å². The third-order valence-electron chi connectivity index (χ3n) is 2.04. The molecule has 0 aliphatic heterocycles. The second-order valence-electron chi connectivity index (χ2n) is 3.38. The number of benzene rings is 1. The summed E-state index contributed by atoms with van der Waals surface area (Å²) in [6.45, 7) is 0. The largest absolute Gasteiger partial charge is 0.506 e. The first-order valence-electron chi connectivity index (χ1n) is 5.07. The van der Waals surface area contributed by atoms with Gasteiger partial charge in [0.25, 0.3) is 5.24 Å². The van der Waals surface area contributed by atoms with E-state index in [0.29, 0.717) is 11.8 Å². The van der Waals surface area contributed by atoms with Crippen molar-refractivity contribution < 1.29 is 24.2 Å². The van der Waals surface area contributed by atoms with Crippen LogP contribution in [0, 0.1) is 0 Å². The van der Waals surface area contributed by atoms with Gasteiger partial charge >= 0.3 is 5.97 Å². The molecule has 7 nitrogen and oxygen atoms in total. The SMILES string of the molecule is COC(=O)c1ccc(O)c(NC(=O)CSC(N)=O)c1. The van der Waals surface area contributed by atoms with E-state index in [1.165, 1.54) is 25.3 Å². The lowest BCUT2D eigenvalue weighted by molar-refractivity contribution is -0.113. The lowest BCUT2D eigenvalue weighted by atomic mass is 10.2. The number of aromatic hydroxyl groups is 1. The van der Waals surface area contributed by atoms with Gasteiger partial charge in [0.05, 0.1) is 24.1 Å². The number of rotatable bonds is 4. The van der Waals surface area contributed by atoms with Crippen molar-refractivity contribution in [2.45, 2.75) is 0 Å². The zero-order valence-electron chi connectivity index (χ0n) is 10.0. The van der Waals surface area contributed by atoms with E-state index in [-0.39, 0.29) is 22.8 Å². The lowest BCUT2D eigenvalue weighted by Gasteiger charge is -2.08. The van der Waals surface area contributed by atoms with Crippen molar-refractivity contribution in [2.75, 3.05) is 18.2 Å². The van der Waals surface area contributed by atoms with Crippen LogP contribution in [-0.2, 0) is 9.53 Å². The number of nitrogens with two attached hydrogens (primary N) is 1. The third kappa shape index (κ3) is 4.51. The minimum Gasteiger partial charge on any atom is -0.506 e. The number of hydrogen-bond acceptors (Lipinski definition) is 6. The van der Waals surface area contributed by atoms with Gasteiger partial charge in [0.15, 0.2) is 0 Å². The molecule has 1 rings (SSSR count). The van der Waals surface area contributed by atoms with Crippen LogP contribution in [0.25, 0.3) is 0 Å². The molecule has 0 saturated heterocycles. The lowest BCUT2D eigenvalue weighted by Crippen LogP contribution is -2.17. The highest BCUT2D eigenvalue weighted by molar-refractivity contribution is 8.14. The summed E-state index contributed by atoms with van der Waals surface area (Å²) in [5.41, 5.74) is 5.11. The molecular formula is C11H12N2O5S. The third-order valence-corrected chi connectivity index (χ3v) is 2.73. The van der Waals surface area contributed by atoms with Gasteiger partial charge in [0.1, 0.15) is 5.75 Å². The highest BCUT2D eigenvalue weighted by atomic mass is 32.2. The number of hydrogen-bond donors (Lipinski definition) is 3. The monoisotopic (exact) mass is 284 g/mol. The van der Waals surface area contributed by atoms with Crippen LogP contribution in [0.5, 0.6) is 5.75 Å². The van der Waals surface area contributed by atoms with Crippen molar-refractivity contribution in [1.29, 1.82) is 0 Å². The van der Waals surface area contributed by atoms with E-state index in [1.807, 2.05) is 0 Å². The van der Waals surface area contributed by atoms with Crippen LogP contribution in [0.1, 0.15) is 10.4 Å². The Balaban J connectivity index is 2.79. The number of ether oxygens (including phenoxy) is 1. The molecule has 1 aromatic rings. The zero-order chi connectivity index (χ0) is 14.4. The molecule has 2 amide bonds. The minimum atomic E-state index is -0.678. The van der Waals surface area contributed by atoms with Crippen LogP contribution in [0.15, 0.2) is 18.2 Å². The average Bonchev–Trinajstić information content (AvgIpc) is 2.38. The first-order valence-corrected chi connectivity index (χ1v) is 6.06. The fraction of sp³-hybridized carbons (Fsp3) is 0.182. The summed E-state index contributed by atoms with van der Waals surface area (Å²) in [7, 11) is 1.22. The van der Waals surface area contributed by atoms with Crippen LogP contribution < -0.4 is 11.1 Å². The van der Waals surface area contributed by atoms with E-state index >= 15 is 0 Å². The Hall–Kier alpha value is -2.22. The van der Waals surface area contributed by atoms with E-state index in [2.05, 4.69) is 10.1 Å². The number of methoxy groups -OCH3 is 1. The fourth-order valence-electron chi connectivity index (χ4n) is 1.20. The molecule has 0 aliphatic rings. The summed E-state index contributed by atoms with van der Waals surface area (Å²) in [4.78, 5) is 33.2. The molecule has 0 aliphatic carbocycles. The molecule has 0 atom stereocenters. The number of phenols is 1. The zero-order valence-corrected chi connectivity index (χ0v) is 10.8. The summed E-state index contributed by atoms with van der Waals surface area (Å²) in [5, 5.41) is 11.2. The number of anilines is 1. The van der Waals surface area contributed by atoms with Crippen molar-refractivity contribution in [3.05, 3.63) is 23.8 Å². The van der Waals surface area contributed by atoms with Crippen LogP contribution in [0.3, 0.4) is 0 Å². The summed E-state index contributed by atoms with van der Waals surface area (Å²) in [5.74, 6) is -1.51. The minimum absolute atomic E-state index is 0.0537. The maximum atomic E-state index is 11.5. The van der Waals surface area contributed by atoms with Gasteiger partial charge in [-0.05, 0) is 18.2 Å². The molecular weight excluding hydrogens is 272 g/mol. The number of carbonyl (C=O) groups excluding carboxylic acids is 3. The Morgan fingerprint density at radius 2 is 2.11 bits per heavy atom. The number of primary amides is 1. The number of amides is 2. The molecule has 0 aromatic heterocycles. The summed E-state index contributed by atoms with van der Waals surface area (Å²) < 4.78 is 4.52. The smallest absolute Gasteiger partial charge is 0.337 e. The molecule has 0 spiro atoms. The molecule has 0 radical (unpaired) electrons. The molecule has 0 unspecified atom stereocenters. The molecule has 8 heteroatoms. The number of esters is 1. The highest BCUT2D eigenvalue weighted by Gasteiger charge is 2.12. The van der Waals surface area contributed by atoms with E-state index in [0.717, 1.165) is 0 Å². The predicted octanol–water partition coefficient (Wildman–Crippen LogP) is 0.929. The molecule has 0 bridgehead atoms. The number of phenolic OH excluding ortho intramolecular Hbond substituents is 1. The average molecular weight is 284 g/mol. The predicted molar refractivity (Wildman–Crippen MR) is 70.1 cm³/mol. The second-order valence-corrected chi connectivity index (χ2v) is 4.36. The van der Waals surface area contributed by atoms with E-state index in [9.17, 15) is 19.5 Å². The highest BCUT2D eigenvalue weighted by Crippen LogP contribution is 2.24. The standard InChI is InChI=1S/C11H12N2O5S/c1-18-10(16)6-2-3-8(14)7(4-6)13-9(15)5-19-11(12)17/h2-4,14H,5H2,1H3,(H2,12,17)(H,13,15). The first-order chi connectivity index (χ1) is 8.93. The maximum absolute atomic E-state index is 11.5. The number of nitrogens with one attached hydrogen (secondary N) is 1. The molecule has 0 fully saturated rings. The van der Waals surface area contributed by atoms with E-state index in [4.69, 9.17) is 5.73 Å². The van der Waals surface area contributed by atoms with Gasteiger partial charge in [0.2, 0.25) is 5.91 Å². The fourth-order valence-corrected chi connectivity index (χ4v) is 1.55. The molecule has 0 saturated carbocycles. The van der Waals surface area contributed by atoms with Gasteiger partial charge in [-0.15, -0.1) is 0 Å². The molecule has 19 heavy (non-hydrogen) atoms. The van der Waals surface area contributed by atoms with Crippen LogP contribution in [0.2, 0.25) is 0 Å². The van der Waals surface area contributed by atoms with Crippen LogP contribution >= 0.6 is 11.8 Å². The Kier molecular flexibility index (Phi) is 5.19. The van der Waals surface area contributed by atoms with Crippen molar-refractivity contribution in [3.8, 4) is 5.75 Å². The van der Waals surface area contributed by atoms with Gasteiger partial charge in [-0.2, -0.15) is 0 Å². The normalized spacial score (nSPS) is 9.74. The molecule has 0 heterocycles. The Labute approximate surface area is 113 Å². The van der Waals surface area contributed by atoms with Crippen LogP contribution in [-0.4, -0.2) is 35.1 Å². The molecule has 1 aromatic carbocycles. The first kappa shape index (κ1) is 14.8. The van der Waals surface area contributed by atoms with Gasteiger partial charge in [-0.1, -0.05) is 11.8 Å².